The number of aliphatic carboxylic acids is 2. The van der Waals surface area contributed by atoms with Gasteiger partial charge in [0.25, 0.3) is 0 Å². The molecule has 0 fully saturated rings. The van der Waals surface area contributed by atoms with E-state index in [1.54, 1.807) is 0 Å². The number of hydrogen-bond donors (Lipinski definition) is 4. The van der Waals surface area contributed by atoms with Crippen LogP contribution in [0.4, 0.5) is 0 Å². The van der Waals surface area contributed by atoms with E-state index in [0.717, 1.165) is 19.3 Å². The van der Waals surface area contributed by atoms with Crippen molar-refractivity contribution in [1.29, 1.82) is 0 Å². The maximum atomic E-state index is 11.6. The lowest BCUT2D eigenvalue weighted by molar-refractivity contribution is -0.172. The first kappa shape index (κ1) is 28.5. The Labute approximate surface area is 168 Å². The molecule has 166 valence electrons. The summed E-state index contributed by atoms with van der Waals surface area (Å²) in [5.74, 6) is -4.14. The molecule has 0 bridgehead atoms. The van der Waals surface area contributed by atoms with E-state index in [0.29, 0.717) is 6.42 Å². The summed E-state index contributed by atoms with van der Waals surface area (Å²) in [5, 5.41) is 30.0. The van der Waals surface area contributed by atoms with E-state index in [9.17, 15) is 19.5 Å². The van der Waals surface area contributed by atoms with Crippen LogP contribution in [0.25, 0.3) is 0 Å². The van der Waals surface area contributed by atoms with Crippen molar-refractivity contribution in [2.75, 3.05) is 20.7 Å². The molecule has 0 saturated carbocycles. The molecular weight excluding hydrogens is 366 g/mol. The van der Waals surface area contributed by atoms with E-state index in [1.165, 1.54) is 38.5 Å². The van der Waals surface area contributed by atoms with E-state index in [-0.39, 0.29) is 6.61 Å². The van der Waals surface area contributed by atoms with Crippen molar-refractivity contribution in [1.82, 2.24) is 5.32 Å². The Bertz CT molecular complexity index is 429. The number of carboxylic acid groups (broad SMARTS) is 2. The Balaban J connectivity index is 0. The SMILES string of the molecule is CCCCCCCCCCCCOC(=O)CC(O)(CC(=O)O)C(=O)O.CNC. The molecule has 0 amide bonds. The number of hydrogen-bond acceptors (Lipinski definition) is 6. The number of rotatable bonds is 16. The third kappa shape index (κ3) is 17.7. The van der Waals surface area contributed by atoms with E-state index >= 15 is 0 Å². The molecule has 0 aromatic rings. The highest BCUT2D eigenvalue weighted by Gasteiger charge is 2.41. The number of unbranched alkanes of at least 4 members (excludes halogenated alkanes) is 9. The summed E-state index contributed by atoms with van der Waals surface area (Å²) >= 11 is 0. The van der Waals surface area contributed by atoms with Crippen molar-refractivity contribution in [2.24, 2.45) is 0 Å². The minimum atomic E-state index is -2.62. The average Bonchev–Trinajstić information content (AvgIpc) is 2.59. The third-order valence-electron chi connectivity index (χ3n) is 4.04. The zero-order valence-corrected chi connectivity index (χ0v) is 17.7. The lowest BCUT2D eigenvalue weighted by Crippen LogP contribution is -2.43. The Hall–Kier alpha value is -1.67. The van der Waals surface area contributed by atoms with Crippen molar-refractivity contribution in [3.63, 3.8) is 0 Å². The minimum Gasteiger partial charge on any atom is -0.481 e. The van der Waals surface area contributed by atoms with Gasteiger partial charge in [-0.15, -0.1) is 0 Å². The van der Waals surface area contributed by atoms with E-state index in [4.69, 9.17) is 14.9 Å². The first-order chi connectivity index (χ1) is 13.2. The largest absolute Gasteiger partial charge is 0.481 e. The smallest absolute Gasteiger partial charge is 0.336 e. The Kier molecular flexibility index (Phi) is 19.0. The van der Waals surface area contributed by atoms with Crippen LogP contribution in [-0.2, 0) is 19.1 Å². The summed E-state index contributed by atoms with van der Waals surface area (Å²) < 4.78 is 4.89. The zero-order valence-electron chi connectivity index (χ0n) is 17.7. The van der Waals surface area contributed by atoms with Gasteiger partial charge in [-0.2, -0.15) is 0 Å². The summed E-state index contributed by atoms with van der Waals surface area (Å²) in [4.78, 5) is 33.1. The molecule has 0 saturated heterocycles. The van der Waals surface area contributed by atoms with Gasteiger partial charge >= 0.3 is 17.9 Å². The van der Waals surface area contributed by atoms with E-state index in [1.807, 2.05) is 14.1 Å². The molecule has 1 unspecified atom stereocenters. The van der Waals surface area contributed by atoms with Crippen LogP contribution in [0, 0.1) is 0 Å². The Morgan fingerprint density at radius 1 is 0.821 bits per heavy atom. The number of carboxylic acids is 2. The van der Waals surface area contributed by atoms with Gasteiger partial charge < -0.3 is 25.4 Å². The van der Waals surface area contributed by atoms with Gasteiger partial charge in [0.15, 0.2) is 5.60 Å². The summed E-state index contributed by atoms with van der Waals surface area (Å²) in [7, 11) is 3.75. The van der Waals surface area contributed by atoms with Crippen molar-refractivity contribution in [3.8, 4) is 0 Å². The second-order valence-corrected chi connectivity index (χ2v) is 6.99. The summed E-state index contributed by atoms with van der Waals surface area (Å²) in [5.41, 5.74) is -2.62. The van der Waals surface area contributed by atoms with Crippen molar-refractivity contribution in [2.45, 2.75) is 89.6 Å². The molecule has 4 N–H and O–H groups in total. The van der Waals surface area contributed by atoms with Crippen molar-refractivity contribution >= 4 is 17.9 Å². The molecule has 0 spiro atoms. The fraction of sp³-hybridized carbons (Fsp3) is 0.850. The molecule has 0 aliphatic carbocycles. The molecule has 0 aliphatic heterocycles. The molecule has 0 aliphatic rings. The fourth-order valence-corrected chi connectivity index (χ4v) is 2.53. The van der Waals surface area contributed by atoms with Gasteiger partial charge in [0.2, 0.25) is 0 Å². The van der Waals surface area contributed by atoms with Crippen LogP contribution in [0.5, 0.6) is 0 Å². The van der Waals surface area contributed by atoms with Gasteiger partial charge in [0, 0.05) is 0 Å². The van der Waals surface area contributed by atoms with E-state index in [2.05, 4.69) is 12.2 Å². The molecule has 0 radical (unpaired) electrons. The van der Waals surface area contributed by atoms with Gasteiger partial charge in [-0.3, -0.25) is 9.59 Å². The normalized spacial score (nSPS) is 12.4. The lowest BCUT2D eigenvalue weighted by atomic mass is 9.96. The lowest BCUT2D eigenvalue weighted by Gasteiger charge is -2.20. The highest BCUT2D eigenvalue weighted by Crippen LogP contribution is 2.17. The van der Waals surface area contributed by atoms with Crippen LogP contribution in [0.3, 0.4) is 0 Å². The summed E-state index contributed by atoms with van der Waals surface area (Å²) in [6.07, 6.45) is 9.49. The van der Waals surface area contributed by atoms with Gasteiger partial charge in [-0.1, -0.05) is 64.7 Å². The van der Waals surface area contributed by atoms with Crippen molar-refractivity contribution in [3.05, 3.63) is 0 Å². The Morgan fingerprint density at radius 2 is 1.25 bits per heavy atom. The zero-order chi connectivity index (χ0) is 21.8. The first-order valence-corrected chi connectivity index (χ1v) is 10.1. The molecule has 8 nitrogen and oxygen atoms in total. The van der Waals surface area contributed by atoms with Gasteiger partial charge in [-0.25, -0.2) is 4.79 Å². The number of aliphatic hydroxyl groups is 1. The molecular formula is C20H39NO7. The maximum Gasteiger partial charge on any atom is 0.336 e. The quantitative estimate of drug-likeness (QED) is 0.227. The topological polar surface area (TPSA) is 133 Å². The predicted octanol–water partition coefficient (Wildman–Crippen LogP) is 2.97. The Morgan fingerprint density at radius 3 is 1.64 bits per heavy atom. The molecule has 1 atom stereocenters. The molecule has 8 heteroatoms. The van der Waals surface area contributed by atoms with Crippen molar-refractivity contribution < 1.29 is 34.4 Å². The minimum absolute atomic E-state index is 0.151. The van der Waals surface area contributed by atoms with Gasteiger partial charge in [0.05, 0.1) is 19.4 Å². The van der Waals surface area contributed by atoms with Crippen LogP contribution in [0.2, 0.25) is 0 Å². The number of nitrogens with one attached hydrogen (secondary N) is 1. The fourth-order valence-electron chi connectivity index (χ4n) is 2.53. The van der Waals surface area contributed by atoms with Crippen LogP contribution in [0.1, 0.15) is 84.0 Å². The summed E-state index contributed by atoms with van der Waals surface area (Å²) in [6, 6.07) is 0. The van der Waals surface area contributed by atoms with Gasteiger partial charge in [-0.05, 0) is 20.5 Å². The summed E-state index contributed by atoms with van der Waals surface area (Å²) in [6.45, 7) is 2.35. The van der Waals surface area contributed by atoms with E-state index < -0.39 is 36.4 Å². The second kappa shape index (κ2) is 18.7. The highest BCUT2D eigenvalue weighted by atomic mass is 16.5. The van der Waals surface area contributed by atoms with Crippen LogP contribution >= 0.6 is 0 Å². The number of esters is 1. The maximum absolute atomic E-state index is 11.6. The molecule has 28 heavy (non-hydrogen) atoms. The molecule has 0 heterocycles. The van der Waals surface area contributed by atoms with Crippen LogP contribution < -0.4 is 5.32 Å². The van der Waals surface area contributed by atoms with Crippen LogP contribution in [-0.4, -0.2) is 59.5 Å². The first-order valence-electron chi connectivity index (χ1n) is 10.1. The number of carbonyl (C=O) groups is 3. The molecule has 0 aromatic heterocycles. The molecule has 0 aromatic carbocycles. The number of ether oxygens (including phenoxy) is 1. The molecule has 0 rings (SSSR count). The third-order valence-corrected chi connectivity index (χ3v) is 4.04. The monoisotopic (exact) mass is 405 g/mol. The second-order valence-electron chi connectivity index (χ2n) is 6.99. The van der Waals surface area contributed by atoms with Crippen LogP contribution in [0.15, 0.2) is 0 Å². The highest BCUT2D eigenvalue weighted by molar-refractivity contribution is 5.88. The number of carbonyl (C=O) groups excluding carboxylic acids is 1. The average molecular weight is 406 g/mol. The predicted molar refractivity (Wildman–Crippen MR) is 107 cm³/mol. The van der Waals surface area contributed by atoms with Gasteiger partial charge in [0.1, 0.15) is 0 Å². The standard InChI is InChI=1S/C18H32O7.C2H7N/c1-2-3-4-5-6-7-8-9-10-11-12-25-16(21)14-18(24,17(22)23)13-15(19)20;1-3-2/h24H,2-14H2,1H3,(H,19,20)(H,22,23);3H,1-2H3.